The number of halogens is 1. The van der Waals surface area contributed by atoms with Gasteiger partial charge in [-0.25, -0.2) is 0 Å². The number of nitro benzene ring substituents is 1. The van der Waals surface area contributed by atoms with Gasteiger partial charge in [-0.05, 0) is 19.3 Å². The maximum Gasteiger partial charge on any atom is 0.305 e. The van der Waals surface area contributed by atoms with E-state index in [4.69, 9.17) is 4.74 Å². The Morgan fingerprint density at radius 3 is 3.00 bits per heavy atom. The lowest BCUT2D eigenvalue weighted by Crippen LogP contribution is -2.27. The van der Waals surface area contributed by atoms with E-state index in [1.165, 1.54) is 12.1 Å². The lowest BCUT2D eigenvalue weighted by Gasteiger charge is -2.14. The van der Waals surface area contributed by atoms with Crippen molar-refractivity contribution in [3.8, 4) is 0 Å². The number of nitrogens with one attached hydrogen (secondary N) is 1. The number of hydrogen-bond donors (Lipinski definition) is 1. The van der Waals surface area contributed by atoms with E-state index in [1.54, 1.807) is 6.07 Å². The van der Waals surface area contributed by atoms with E-state index in [0.29, 0.717) is 11.5 Å². The van der Waals surface area contributed by atoms with Crippen molar-refractivity contribution in [3.05, 3.63) is 39.7 Å². The normalized spacial score (nSPS) is 22.6. The van der Waals surface area contributed by atoms with Gasteiger partial charge < -0.3 is 10.1 Å². The Morgan fingerprint density at radius 2 is 2.37 bits per heavy atom. The third kappa shape index (κ3) is 3.27. The molecule has 0 aromatic heterocycles. The number of hydrogen-bond acceptors (Lipinski definition) is 4. The molecule has 1 aliphatic rings. The van der Waals surface area contributed by atoms with Crippen LogP contribution in [-0.4, -0.2) is 24.2 Å². The smallest absolute Gasteiger partial charge is 0.305 e. The maximum atomic E-state index is 13.8. The molecule has 1 aromatic rings. The van der Waals surface area contributed by atoms with Gasteiger partial charge in [0, 0.05) is 31.3 Å². The van der Waals surface area contributed by atoms with Crippen LogP contribution in [0.4, 0.5) is 10.1 Å². The molecule has 0 bridgehead atoms. The first-order valence-corrected chi connectivity index (χ1v) is 6.33. The number of nitro groups is 1. The van der Waals surface area contributed by atoms with Gasteiger partial charge in [0.15, 0.2) is 0 Å². The van der Waals surface area contributed by atoms with E-state index in [0.717, 1.165) is 19.6 Å². The van der Waals surface area contributed by atoms with Gasteiger partial charge in [-0.3, -0.25) is 10.1 Å². The van der Waals surface area contributed by atoms with E-state index in [-0.39, 0.29) is 12.6 Å². The van der Waals surface area contributed by atoms with Crippen molar-refractivity contribution in [1.29, 1.82) is 0 Å². The molecule has 1 fully saturated rings. The number of rotatable bonds is 5. The zero-order valence-corrected chi connectivity index (χ0v) is 10.8. The van der Waals surface area contributed by atoms with Crippen molar-refractivity contribution in [2.45, 2.75) is 26.0 Å². The molecule has 2 unspecified atom stereocenters. The minimum absolute atomic E-state index is 0.211. The summed E-state index contributed by atoms with van der Waals surface area (Å²) in [5.41, 5.74) is -0.155. The topological polar surface area (TPSA) is 64.4 Å². The molecule has 2 rings (SSSR count). The predicted octanol–water partition coefficient (Wildman–Crippen LogP) is 2.25. The minimum Gasteiger partial charge on any atom is -0.378 e. The molecule has 1 aromatic carbocycles. The Kier molecular flexibility index (Phi) is 4.44. The summed E-state index contributed by atoms with van der Waals surface area (Å²) in [6.45, 7) is 3.80. The predicted molar refractivity (Wildman–Crippen MR) is 68.3 cm³/mol. The molecule has 0 aliphatic carbocycles. The van der Waals surface area contributed by atoms with Crippen LogP contribution in [-0.2, 0) is 11.3 Å². The van der Waals surface area contributed by atoms with Gasteiger partial charge >= 0.3 is 5.69 Å². The SMILES string of the molecule is CC1OCCC1CNCc1cccc([N+](=O)[O-])c1F. The average Bonchev–Trinajstić information content (AvgIpc) is 2.77. The molecule has 19 heavy (non-hydrogen) atoms. The molecule has 0 amide bonds. The molecule has 1 N–H and O–H groups in total. The van der Waals surface area contributed by atoms with Crippen molar-refractivity contribution in [2.24, 2.45) is 5.92 Å². The molecule has 0 radical (unpaired) electrons. The Hall–Kier alpha value is -1.53. The van der Waals surface area contributed by atoms with E-state index in [1.807, 2.05) is 6.92 Å². The molecular weight excluding hydrogens is 251 g/mol. The van der Waals surface area contributed by atoms with E-state index in [2.05, 4.69) is 5.32 Å². The van der Waals surface area contributed by atoms with Gasteiger partial charge in [-0.1, -0.05) is 12.1 Å². The van der Waals surface area contributed by atoms with Crippen molar-refractivity contribution in [2.75, 3.05) is 13.2 Å². The van der Waals surface area contributed by atoms with Crippen LogP contribution in [0.15, 0.2) is 18.2 Å². The zero-order chi connectivity index (χ0) is 13.8. The third-order valence-corrected chi connectivity index (χ3v) is 3.51. The Labute approximate surface area is 110 Å². The van der Waals surface area contributed by atoms with Crippen molar-refractivity contribution < 1.29 is 14.1 Å². The summed E-state index contributed by atoms with van der Waals surface area (Å²) in [6, 6.07) is 4.23. The Balaban J connectivity index is 1.92. The van der Waals surface area contributed by atoms with Gasteiger partial charge in [0.1, 0.15) is 0 Å². The van der Waals surface area contributed by atoms with E-state index < -0.39 is 16.4 Å². The van der Waals surface area contributed by atoms with E-state index in [9.17, 15) is 14.5 Å². The second-order valence-corrected chi connectivity index (χ2v) is 4.76. The summed E-state index contributed by atoms with van der Waals surface area (Å²) in [4.78, 5) is 9.93. The molecular formula is C13H17FN2O3. The lowest BCUT2D eigenvalue weighted by atomic mass is 10.0. The van der Waals surface area contributed by atoms with Crippen LogP contribution < -0.4 is 5.32 Å². The standard InChI is InChI=1S/C13H17FN2O3/c1-9-10(5-6-19-9)7-15-8-11-3-2-4-12(13(11)14)16(17)18/h2-4,9-10,15H,5-8H2,1H3. The summed E-state index contributed by atoms with van der Waals surface area (Å²) in [5, 5.41) is 13.8. The molecule has 1 saturated heterocycles. The second kappa shape index (κ2) is 6.08. The van der Waals surface area contributed by atoms with Crippen LogP contribution in [0.1, 0.15) is 18.9 Å². The van der Waals surface area contributed by atoms with Gasteiger partial charge in [0.2, 0.25) is 5.82 Å². The highest BCUT2D eigenvalue weighted by atomic mass is 19.1. The fourth-order valence-electron chi connectivity index (χ4n) is 2.28. The van der Waals surface area contributed by atoms with Crippen LogP contribution >= 0.6 is 0 Å². The zero-order valence-electron chi connectivity index (χ0n) is 10.8. The fourth-order valence-corrected chi connectivity index (χ4v) is 2.28. The van der Waals surface area contributed by atoms with Crippen molar-refractivity contribution in [3.63, 3.8) is 0 Å². The quantitative estimate of drug-likeness (QED) is 0.657. The van der Waals surface area contributed by atoms with E-state index >= 15 is 0 Å². The highest BCUT2D eigenvalue weighted by molar-refractivity contribution is 5.36. The molecule has 1 heterocycles. The molecule has 0 spiro atoms. The summed E-state index contributed by atoms with van der Waals surface area (Å²) >= 11 is 0. The molecule has 1 aliphatic heterocycles. The van der Waals surface area contributed by atoms with Gasteiger partial charge in [0.25, 0.3) is 0 Å². The van der Waals surface area contributed by atoms with Crippen LogP contribution in [0.3, 0.4) is 0 Å². The first-order valence-electron chi connectivity index (χ1n) is 6.33. The summed E-state index contributed by atoms with van der Waals surface area (Å²) in [7, 11) is 0. The summed E-state index contributed by atoms with van der Waals surface area (Å²) < 4.78 is 19.2. The first kappa shape index (κ1) is 13.9. The van der Waals surface area contributed by atoms with Crippen LogP contribution in [0.25, 0.3) is 0 Å². The van der Waals surface area contributed by atoms with Crippen molar-refractivity contribution >= 4 is 5.69 Å². The summed E-state index contributed by atoms with van der Waals surface area (Å²) in [6.07, 6.45) is 1.20. The van der Waals surface area contributed by atoms with Crippen LogP contribution in [0.5, 0.6) is 0 Å². The monoisotopic (exact) mass is 268 g/mol. The first-order chi connectivity index (χ1) is 9.09. The Morgan fingerprint density at radius 1 is 1.58 bits per heavy atom. The number of ether oxygens (including phenoxy) is 1. The maximum absolute atomic E-state index is 13.8. The molecule has 104 valence electrons. The van der Waals surface area contributed by atoms with Crippen LogP contribution in [0, 0.1) is 21.8 Å². The molecule has 6 heteroatoms. The number of benzene rings is 1. The highest BCUT2D eigenvalue weighted by Crippen LogP contribution is 2.21. The van der Waals surface area contributed by atoms with Crippen LogP contribution in [0.2, 0.25) is 0 Å². The van der Waals surface area contributed by atoms with Crippen molar-refractivity contribution in [1.82, 2.24) is 5.32 Å². The van der Waals surface area contributed by atoms with Gasteiger partial charge in [-0.15, -0.1) is 0 Å². The largest absolute Gasteiger partial charge is 0.378 e. The summed E-state index contributed by atoms with van der Waals surface area (Å²) in [5.74, 6) is -0.336. The average molecular weight is 268 g/mol. The third-order valence-electron chi connectivity index (χ3n) is 3.51. The molecule has 5 nitrogen and oxygen atoms in total. The van der Waals surface area contributed by atoms with Gasteiger partial charge in [-0.2, -0.15) is 4.39 Å². The molecule has 0 saturated carbocycles. The molecule has 2 atom stereocenters. The number of nitrogens with zero attached hydrogens (tertiary/aromatic N) is 1. The fraction of sp³-hybridized carbons (Fsp3) is 0.538. The lowest BCUT2D eigenvalue weighted by molar-refractivity contribution is -0.387. The second-order valence-electron chi connectivity index (χ2n) is 4.76. The Bertz CT molecular complexity index is 467. The highest BCUT2D eigenvalue weighted by Gasteiger charge is 2.24. The van der Waals surface area contributed by atoms with Gasteiger partial charge in [0.05, 0.1) is 11.0 Å². The minimum atomic E-state index is -0.754.